The van der Waals surface area contributed by atoms with Crippen molar-refractivity contribution in [2.24, 2.45) is 29.4 Å². The molecule has 0 amide bonds. The molecule has 0 spiro atoms. The van der Waals surface area contributed by atoms with Gasteiger partial charge in [-0.2, -0.15) is 0 Å². The number of rotatable bonds is 3. The van der Waals surface area contributed by atoms with Gasteiger partial charge in [-0.25, -0.2) is 4.98 Å². The summed E-state index contributed by atoms with van der Waals surface area (Å²) in [4.78, 5) is 4.52. The maximum atomic E-state index is 5.61. The second-order valence-electron chi connectivity index (χ2n) is 6.77. The van der Waals surface area contributed by atoms with Gasteiger partial charge in [0.15, 0.2) is 0 Å². The first kappa shape index (κ1) is 11.0. The van der Waals surface area contributed by atoms with E-state index < -0.39 is 0 Å². The summed E-state index contributed by atoms with van der Waals surface area (Å²) in [6, 6.07) is 0.747. The minimum Gasteiger partial charge on any atom is -0.334 e. The highest BCUT2D eigenvalue weighted by Gasteiger charge is 2.48. The van der Waals surface area contributed by atoms with E-state index in [1.807, 2.05) is 0 Å². The molecule has 98 valence electrons. The molecule has 0 aliphatic heterocycles. The number of aromatic nitrogens is 2. The van der Waals surface area contributed by atoms with Gasteiger partial charge in [0.1, 0.15) is 0 Å². The van der Waals surface area contributed by atoms with Crippen LogP contribution in [0.15, 0.2) is 12.5 Å². The molecule has 4 bridgehead atoms. The first-order valence-corrected chi connectivity index (χ1v) is 7.56. The van der Waals surface area contributed by atoms with Crippen molar-refractivity contribution in [3.63, 3.8) is 0 Å². The third-order valence-corrected chi connectivity index (χ3v) is 5.58. The Morgan fingerprint density at radius 3 is 2.39 bits per heavy atom. The predicted octanol–water partition coefficient (Wildman–Crippen LogP) is 2.38. The fourth-order valence-electron chi connectivity index (χ4n) is 5.20. The molecule has 0 atom stereocenters. The molecule has 4 aliphatic carbocycles. The lowest BCUT2D eigenvalue weighted by Gasteiger charge is -2.54. The highest BCUT2D eigenvalue weighted by molar-refractivity contribution is 5.05. The van der Waals surface area contributed by atoms with E-state index in [4.69, 9.17) is 5.73 Å². The Morgan fingerprint density at radius 2 is 1.78 bits per heavy atom. The number of hydrogen-bond acceptors (Lipinski definition) is 2. The molecule has 1 aromatic heterocycles. The first-order chi connectivity index (χ1) is 8.83. The molecule has 2 N–H and O–H groups in total. The van der Waals surface area contributed by atoms with Crippen LogP contribution in [0, 0.1) is 23.7 Å². The van der Waals surface area contributed by atoms with E-state index >= 15 is 0 Å². The van der Waals surface area contributed by atoms with Gasteiger partial charge in [0.2, 0.25) is 0 Å². The summed E-state index contributed by atoms with van der Waals surface area (Å²) in [5, 5.41) is 0. The third-order valence-electron chi connectivity index (χ3n) is 5.58. The number of imidazole rings is 1. The van der Waals surface area contributed by atoms with Gasteiger partial charge in [0, 0.05) is 18.7 Å². The zero-order chi connectivity index (χ0) is 12.1. The maximum Gasteiger partial charge on any atom is 0.0952 e. The molecule has 1 aromatic rings. The summed E-state index contributed by atoms with van der Waals surface area (Å²) in [6.45, 7) is 0.707. The molecule has 0 radical (unpaired) electrons. The van der Waals surface area contributed by atoms with Crippen molar-refractivity contribution in [1.82, 2.24) is 9.55 Å². The maximum absolute atomic E-state index is 5.61. The molecule has 3 heteroatoms. The van der Waals surface area contributed by atoms with E-state index in [2.05, 4.69) is 22.1 Å². The summed E-state index contributed by atoms with van der Waals surface area (Å²) in [5.74, 6) is 3.97. The molecule has 4 fully saturated rings. The molecule has 0 unspecified atom stereocenters. The summed E-state index contributed by atoms with van der Waals surface area (Å²) in [6.07, 6.45) is 12.7. The lowest BCUT2D eigenvalue weighted by Crippen LogP contribution is -2.45. The number of nitrogens with two attached hydrogens (primary N) is 1. The average Bonchev–Trinajstić information content (AvgIpc) is 2.76. The second-order valence-corrected chi connectivity index (χ2v) is 6.77. The van der Waals surface area contributed by atoms with E-state index in [-0.39, 0.29) is 0 Å². The van der Waals surface area contributed by atoms with Crippen LogP contribution in [0.2, 0.25) is 0 Å². The normalized spacial score (nSPS) is 41.5. The standard InChI is InChI=1S/C15H23N3/c16-2-1-14-8-18(9-17-14)15-12-4-10-3-11(6-12)7-13(15)5-10/h8-13,15H,1-7,16H2. The van der Waals surface area contributed by atoms with Crippen LogP contribution in [0.4, 0.5) is 0 Å². The Balaban J connectivity index is 1.60. The zero-order valence-corrected chi connectivity index (χ0v) is 11.0. The Hall–Kier alpha value is -0.830. The molecule has 3 nitrogen and oxygen atoms in total. The Kier molecular flexibility index (Phi) is 2.51. The lowest BCUT2D eigenvalue weighted by atomic mass is 9.54. The van der Waals surface area contributed by atoms with Crippen LogP contribution in [0.3, 0.4) is 0 Å². The highest BCUT2D eigenvalue weighted by Crippen LogP contribution is 2.58. The van der Waals surface area contributed by atoms with E-state index in [1.54, 1.807) is 0 Å². The monoisotopic (exact) mass is 245 g/mol. The Morgan fingerprint density at radius 1 is 1.11 bits per heavy atom. The second kappa shape index (κ2) is 4.09. The van der Waals surface area contributed by atoms with E-state index in [0.717, 1.165) is 36.1 Å². The van der Waals surface area contributed by atoms with Crippen molar-refractivity contribution in [2.45, 2.75) is 44.6 Å². The molecule has 0 aromatic carbocycles. The average molecular weight is 245 g/mol. The van der Waals surface area contributed by atoms with Crippen molar-refractivity contribution < 1.29 is 0 Å². The van der Waals surface area contributed by atoms with Gasteiger partial charge in [-0.15, -0.1) is 0 Å². The zero-order valence-electron chi connectivity index (χ0n) is 11.0. The van der Waals surface area contributed by atoms with Gasteiger partial charge in [-0.05, 0) is 62.3 Å². The molecule has 18 heavy (non-hydrogen) atoms. The molecule has 4 aliphatic rings. The minimum absolute atomic E-state index is 0.707. The van der Waals surface area contributed by atoms with E-state index in [1.165, 1.54) is 37.8 Å². The van der Waals surface area contributed by atoms with Crippen LogP contribution >= 0.6 is 0 Å². The highest BCUT2D eigenvalue weighted by atomic mass is 15.1. The molecular formula is C15H23N3. The Labute approximate surface area is 109 Å². The van der Waals surface area contributed by atoms with E-state index in [9.17, 15) is 0 Å². The van der Waals surface area contributed by atoms with Crippen LogP contribution in [0.25, 0.3) is 0 Å². The summed E-state index contributed by atoms with van der Waals surface area (Å²) >= 11 is 0. The van der Waals surface area contributed by atoms with Gasteiger partial charge < -0.3 is 10.3 Å². The van der Waals surface area contributed by atoms with Gasteiger partial charge in [-0.1, -0.05) is 0 Å². The molecule has 4 saturated carbocycles. The number of nitrogens with zero attached hydrogens (tertiary/aromatic N) is 2. The van der Waals surface area contributed by atoms with Gasteiger partial charge in [-0.3, -0.25) is 0 Å². The summed E-state index contributed by atoms with van der Waals surface area (Å²) in [5.41, 5.74) is 6.79. The predicted molar refractivity (Wildman–Crippen MR) is 71.1 cm³/mol. The Bertz CT molecular complexity index is 409. The fourth-order valence-corrected chi connectivity index (χ4v) is 5.20. The van der Waals surface area contributed by atoms with Crippen molar-refractivity contribution >= 4 is 0 Å². The lowest BCUT2D eigenvalue weighted by molar-refractivity contribution is -0.0291. The van der Waals surface area contributed by atoms with Gasteiger partial charge in [0.25, 0.3) is 0 Å². The molecular weight excluding hydrogens is 222 g/mol. The van der Waals surface area contributed by atoms with Crippen LogP contribution in [0.1, 0.15) is 43.8 Å². The third kappa shape index (κ3) is 1.63. The molecule has 0 saturated heterocycles. The van der Waals surface area contributed by atoms with Crippen molar-refractivity contribution in [2.75, 3.05) is 6.54 Å². The van der Waals surface area contributed by atoms with Crippen molar-refractivity contribution in [1.29, 1.82) is 0 Å². The largest absolute Gasteiger partial charge is 0.334 e. The molecule has 1 heterocycles. The van der Waals surface area contributed by atoms with Gasteiger partial charge >= 0.3 is 0 Å². The van der Waals surface area contributed by atoms with Crippen molar-refractivity contribution in [3.05, 3.63) is 18.2 Å². The fraction of sp³-hybridized carbons (Fsp3) is 0.800. The quantitative estimate of drug-likeness (QED) is 0.888. The van der Waals surface area contributed by atoms with Crippen LogP contribution in [-0.4, -0.2) is 16.1 Å². The van der Waals surface area contributed by atoms with E-state index in [0.29, 0.717) is 6.54 Å². The van der Waals surface area contributed by atoms with Crippen LogP contribution < -0.4 is 5.73 Å². The van der Waals surface area contributed by atoms with Gasteiger partial charge in [0.05, 0.1) is 12.0 Å². The topological polar surface area (TPSA) is 43.8 Å². The number of hydrogen-bond donors (Lipinski definition) is 1. The SMILES string of the molecule is NCCc1cn(C2C3CC4CC(C3)CC2C4)cn1. The first-order valence-electron chi connectivity index (χ1n) is 7.56. The summed E-state index contributed by atoms with van der Waals surface area (Å²) < 4.78 is 2.43. The summed E-state index contributed by atoms with van der Waals surface area (Å²) in [7, 11) is 0. The van der Waals surface area contributed by atoms with Crippen LogP contribution in [0.5, 0.6) is 0 Å². The van der Waals surface area contributed by atoms with Crippen LogP contribution in [-0.2, 0) is 6.42 Å². The van der Waals surface area contributed by atoms with Crippen molar-refractivity contribution in [3.8, 4) is 0 Å². The molecule has 5 rings (SSSR count). The smallest absolute Gasteiger partial charge is 0.0952 e. The minimum atomic E-state index is 0.707.